The number of anilines is 1. The molecule has 1 N–H and O–H groups in total. The van der Waals surface area contributed by atoms with Crippen LogP contribution >= 0.6 is 0 Å². The van der Waals surface area contributed by atoms with Crippen LogP contribution in [-0.2, 0) is 9.53 Å². The van der Waals surface area contributed by atoms with Gasteiger partial charge in [0.05, 0.1) is 13.2 Å². The molecule has 2 heterocycles. The summed E-state index contributed by atoms with van der Waals surface area (Å²) in [4.78, 5) is 28.3. The maximum atomic E-state index is 13.2. The second kappa shape index (κ2) is 8.98. The molecule has 2 saturated heterocycles. The summed E-state index contributed by atoms with van der Waals surface area (Å²) in [6, 6.07) is 5.68. The number of nitrogens with one attached hydrogen (secondary N) is 1. The van der Waals surface area contributed by atoms with E-state index in [4.69, 9.17) is 4.74 Å². The Labute approximate surface area is 153 Å². The Kier molecular flexibility index (Phi) is 6.44. The predicted octanol–water partition coefficient (Wildman–Crippen LogP) is 2.71. The molecule has 0 saturated carbocycles. The van der Waals surface area contributed by atoms with Gasteiger partial charge in [-0.1, -0.05) is 6.07 Å². The molecule has 2 aliphatic heterocycles. The summed E-state index contributed by atoms with van der Waals surface area (Å²) in [5, 5.41) is 2.75. The molecule has 3 amide bonds. The van der Waals surface area contributed by atoms with Gasteiger partial charge >= 0.3 is 6.03 Å². The molecule has 0 spiro atoms. The molecule has 1 aromatic carbocycles. The van der Waals surface area contributed by atoms with E-state index < -0.39 is 0 Å². The quantitative estimate of drug-likeness (QED) is 0.895. The molecule has 26 heavy (non-hydrogen) atoms. The van der Waals surface area contributed by atoms with Crippen molar-refractivity contribution in [1.82, 2.24) is 9.80 Å². The smallest absolute Gasteiger partial charge is 0.321 e. The lowest BCUT2D eigenvalue weighted by atomic mass is 9.93. The third-order valence-corrected chi connectivity index (χ3v) is 5.01. The third-order valence-electron chi connectivity index (χ3n) is 5.01. The van der Waals surface area contributed by atoms with Gasteiger partial charge in [-0.2, -0.15) is 0 Å². The zero-order chi connectivity index (χ0) is 18.4. The van der Waals surface area contributed by atoms with Crippen LogP contribution in [-0.4, -0.2) is 61.1 Å². The molecular formula is C19H26FN3O3. The minimum absolute atomic E-state index is 0.176. The van der Waals surface area contributed by atoms with E-state index in [9.17, 15) is 14.0 Å². The summed E-state index contributed by atoms with van der Waals surface area (Å²) in [6.07, 6.45) is 3.26. The number of likely N-dealkylation sites (tertiary alicyclic amines) is 1. The number of carbonyl (C=O) groups is 2. The van der Waals surface area contributed by atoms with Crippen LogP contribution in [0.5, 0.6) is 0 Å². The van der Waals surface area contributed by atoms with Crippen LogP contribution in [0, 0.1) is 11.7 Å². The first-order valence-electron chi connectivity index (χ1n) is 9.29. The zero-order valence-corrected chi connectivity index (χ0v) is 15.0. The average Bonchev–Trinajstić information content (AvgIpc) is 2.67. The van der Waals surface area contributed by atoms with Crippen LogP contribution in [0.1, 0.15) is 25.7 Å². The van der Waals surface area contributed by atoms with Crippen molar-refractivity contribution in [3.05, 3.63) is 30.1 Å². The topological polar surface area (TPSA) is 61.9 Å². The number of ether oxygens (including phenoxy) is 1. The highest BCUT2D eigenvalue weighted by atomic mass is 19.1. The van der Waals surface area contributed by atoms with Crippen LogP contribution < -0.4 is 5.32 Å². The Bertz CT molecular complexity index is 634. The molecule has 1 aromatic rings. The van der Waals surface area contributed by atoms with Crippen molar-refractivity contribution in [2.24, 2.45) is 5.92 Å². The molecule has 2 fully saturated rings. The molecule has 142 valence electrons. The Morgan fingerprint density at radius 3 is 2.77 bits per heavy atom. The SMILES string of the molecule is O=C(CCC1CCCN(C(=O)Nc2cccc(F)c2)C1)N1CCOCC1. The highest BCUT2D eigenvalue weighted by molar-refractivity contribution is 5.89. The number of urea groups is 1. The summed E-state index contributed by atoms with van der Waals surface area (Å²) in [7, 11) is 0. The van der Waals surface area contributed by atoms with Crippen molar-refractivity contribution in [2.45, 2.75) is 25.7 Å². The predicted molar refractivity (Wildman–Crippen MR) is 96.3 cm³/mol. The number of carbonyl (C=O) groups excluding carboxylic acids is 2. The van der Waals surface area contributed by atoms with Crippen LogP contribution in [0.15, 0.2) is 24.3 Å². The molecule has 3 rings (SSSR count). The molecule has 0 aliphatic carbocycles. The summed E-state index contributed by atoms with van der Waals surface area (Å²) in [6.45, 7) is 3.90. The van der Waals surface area contributed by atoms with Crippen LogP contribution in [0.25, 0.3) is 0 Å². The van der Waals surface area contributed by atoms with Crippen LogP contribution in [0.2, 0.25) is 0 Å². The normalized spacial score (nSPS) is 20.7. The van der Waals surface area contributed by atoms with Gasteiger partial charge in [0, 0.05) is 38.3 Å². The van der Waals surface area contributed by atoms with Gasteiger partial charge in [0.15, 0.2) is 0 Å². The molecule has 2 aliphatic rings. The zero-order valence-electron chi connectivity index (χ0n) is 15.0. The monoisotopic (exact) mass is 363 g/mol. The number of benzene rings is 1. The standard InChI is InChI=1S/C19H26FN3O3/c20-16-4-1-5-17(13-16)21-19(25)23-8-2-3-15(14-23)6-7-18(24)22-9-11-26-12-10-22/h1,4-5,13,15H,2-3,6-12,14H2,(H,21,25). The first-order chi connectivity index (χ1) is 12.6. The van der Waals surface area contributed by atoms with Crippen molar-refractivity contribution in [1.29, 1.82) is 0 Å². The molecular weight excluding hydrogens is 337 g/mol. The number of hydrogen-bond acceptors (Lipinski definition) is 3. The van der Waals surface area contributed by atoms with E-state index in [-0.39, 0.29) is 17.8 Å². The Morgan fingerprint density at radius 2 is 2.00 bits per heavy atom. The molecule has 6 nitrogen and oxygen atoms in total. The number of hydrogen-bond donors (Lipinski definition) is 1. The fourth-order valence-electron chi connectivity index (χ4n) is 3.55. The number of piperidine rings is 1. The minimum atomic E-state index is -0.374. The minimum Gasteiger partial charge on any atom is -0.378 e. The molecule has 1 unspecified atom stereocenters. The van der Waals surface area contributed by atoms with Crippen molar-refractivity contribution in [3.63, 3.8) is 0 Å². The molecule has 1 atom stereocenters. The first-order valence-corrected chi connectivity index (χ1v) is 9.29. The lowest BCUT2D eigenvalue weighted by Crippen LogP contribution is -2.43. The van der Waals surface area contributed by atoms with E-state index in [1.54, 1.807) is 17.0 Å². The molecule has 0 radical (unpaired) electrons. The molecule has 0 bridgehead atoms. The van der Waals surface area contributed by atoms with Crippen molar-refractivity contribution in [2.75, 3.05) is 44.7 Å². The summed E-state index contributed by atoms with van der Waals surface area (Å²) in [5.74, 6) is 0.127. The third kappa shape index (κ3) is 5.17. The number of rotatable bonds is 4. The largest absolute Gasteiger partial charge is 0.378 e. The fraction of sp³-hybridized carbons (Fsp3) is 0.579. The second-order valence-corrected chi connectivity index (χ2v) is 6.93. The van der Waals surface area contributed by atoms with Crippen molar-refractivity contribution in [3.8, 4) is 0 Å². The van der Waals surface area contributed by atoms with Gasteiger partial charge < -0.3 is 19.9 Å². The maximum Gasteiger partial charge on any atom is 0.321 e. The molecule has 0 aromatic heterocycles. The van der Waals surface area contributed by atoms with E-state index in [1.807, 2.05) is 4.90 Å². The van der Waals surface area contributed by atoms with Gasteiger partial charge in [0.2, 0.25) is 5.91 Å². The lowest BCUT2D eigenvalue weighted by Gasteiger charge is -2.33. The van der Waals surface area contributed by atoms with Gasteiger partial charge in [-0.15, -0.1) is 0 Å². The van der Waals surface area contributed by atoms with E-state index in [0.717, 1.165) is 19.3 Å². The van der Waals surface area contributed by atoms with E-state index in [1.165, 1.54) is 12.1 Å². The highest BCUT2D eigenvalue weighted by Crippen LogP contribution is 2.22. The Hall–Kier alpha value is -2.15. The van der Waals surface area contributed by atoms with Crippen LogP contribution in [0.3, 0.4) is 0 Å². The van der Waals surface area contributed by atoms with Gasteiger partial charge in [-0.3, -0.25) is 4.79 Å². The first kappa shape index (κ1) is 18.6. The van der Waals surface area contributed by atoms with Crippen molar-refractivity contribution >= 4 is 17.6 Å². The summed E-state index contributed by atoms with van der Waals surface area (Å²) in [5.41, 5.74) is 0.458. The fourth-order valence-corrected chi connectivity index (χ4v) is 3.55. The number of morpholine rings is 1. The van der Waals surface area contributed by atoms with Gasteiger partial charge in [0.25, 0.3) is 0 Å². The van der Waals surface area contributed by atoms with Crippen molar-refractivity contribution < 1.29 is 18.7 Å². The Morgan fingerprint density at radius 1 is 1.19 bits per heavy atom. The number of halogens is 1. The second-order valence-electron chi connectivity index (χ2n) is 6.93. The number of amides is 3. The lowest BCUT2D eigenvalue weighted by molar-refractivity contribution is -0.135. The highest BCUT2D eigenvalue weighted by Gasteiger charge is 2.25. The average molecular weight is 363 g/mol. The molecule has 7 heteroatoms. The van der Waals surface area contributed by atoms with E-state index in [0.29, 0.717) is 57.4 Å². The number of nitrogens with zero attached hydrogens (tertiary/aromatic N) is 2. The van der Waals surface area contributed by atoms with Crippen LogP contribution in [0.4, 0.5) is 14.9 Å². The van der Waals surface area contributed by atoms with E-state index in [2.05, 4.69) is 5.32 Å². The summed E-state index contributed by atoms with van der Waals surface area (Å²) < 4.78 is 18.5. The van der Waals surface area contributed by atoms with Gasteiger partial charge in [-0.05, 0) is 43.4 Å². The van der Waals surface area contributed by atoms with E-state index >= 15 is 0 Å². The summed E-state index contributed by atoms with van der Waals surface area (Å²) >= 11 is 0. The van der Waals surface area contributed by atoms with Gasteiger partial charge in [-0.25, -0.2) is 9.18 Å². The van der Waals surface area contributed by atoms with Gasteiger partial charge in [0.1, 0.15) is 5.82 Å². The maximum absolute atomic E-state index is 13.2. The Balaban J connectivity index is 1.46.